The number of fused-ring (bicyclic) bond motifs is 1. The van der Waals surface area contributed by atoms with Gasteiger partial charge in [-0.05, 0) is 35.7 Å². The van der Waals surface area contributed by atoms with E-state index in [4.69, 9.17) is 0 Å². The summed E-state index contributed by atoms with van der Waals surface area (Å²) < 4.78 is 15.2. The second-order valence-electron chi connectivity index (χ2n) is 3.73. The average molecular weight is 231 g/mol. The topological polar surface area (TPSA) is 4.93 Å². The van der Waals surface area contributed by atoms with Crippen molar-refractivity contribution in [3.8, 4) is 0 Å². The molecule has 80 valence electrons. The number of benzene rings is 1. The molecule has 0 N–H and O–H groups in total. The van der Waals surface area contributed by atoms with Crippen LogP contribution in [0.25, 0.3) is 10.9 Å². The van der Waals surface area contributed by atoms with Gasteiger partial charge >= 0.3 is 0 Å². The zero-order valence-electron chi connectivity index (χ0n) is 8.56. The van der Waals surface area contributed by atoms with Crippen LogP contribution in [0.1, 0.15) is 4.88 Å². The molecule has 0 unspecified atom stereocenters. The maximum absolute atomic E-state index is 13.0. The van der Waals surface area contributed by atoms with Gasteiger partial charge < -0.3 is 4.57 Å². The number of rotatable bonds is 2. The highest BCUT2D eigenvalue weighted by Crippen LogP contribution is 2.19. The standard InChI is InChI=1S/C13H10FNS/c14-11-3-4-13-10(8-11)5-6-15(13)9-12-2-1-7-16-12/h1-8H,9H2. The van der Waals surface area contributed by atoms with E-state index in [0.717, 1.165) is 17.4 Å². The largest absolute Gasteiger partial charge is 0.342 e. The van der Waals surface area contributed by atoms with Crippen LogP contribution in [0, 0.1) is 5.82 Å². The van der Waals surface area contributed by atoms with Crippen molar-refractivity contribution in [2.24, 2.45) is 0 Å². The van der Waals surface area contributed by atoms with Gasteiger partial charge in [-0.2, -0.15) is 0 Å². The molecule has 0 aliphatic carbocycles. The average Bonchev–Trinajstić information content (AvgIpc) is 2.89. The number of hydrogen-bond acceptors (Lipinski definition) is 1. The first kappa shape index (κ1) is 9.60. The lowest BCUT2D eigenvalue weighted by molar-refractivity contribution is 0.629. The molecule has 0 radical (unpaired) electrons. The molecule has 3 aromatic rings. The van der Waals surface area contributed by atoms with Crippen LogP contribution in [0.4, 0.5) is 4.39 Å². The van der Waals surface area contributed by atoms with Gasteiger partial charge in [-0.3, -0.25) is 0 Å². The molecule has 1 nitrogen and oxygen atoms in total. The Labute approximate surface area is 96.8 Å². The predicted molar refractivity (Wildman–Crippen MR) is 65.3 cm³/mol. The maximum atomic E-state index is 13.0. The molecule has 0 amide bonds. The van der Waals surface area contributed by atoms with Crippen LogP contribution in [0.2, 0.25) is 0 Å². The van der Waals surface area contributed by atoms with Crippen molar-refractivity contribution in [3.63, 3.8) is 0 Å². The van der Waals surface area contributed by atoms with Crippen molar-refractivity contribution in [2.45, 2.75) is 6.54 Å². The van der Waals surface area contributed by atoms with Crippen LogP contribution in [-0.2, 0) is 6.54 Å². The summed E-state index contributed by atoms with van der Waals surface area (Å²) in [7, 11) is 0. The molecule has 1 aromatic carbocycles. The lowest BCUT2D eigenvalue weighted by Crippen LogP contribution is -1.95. The zero-order chi connectivity index (χ0) is 11.0. The van der Waals surface area contributed by atoms with E-state index >= 15 is 0 Å². The summed E-state index contributed by atoms with van der Waals surface area (Å²) in [5.74, 6) is -0.179. The number of aromatic nitrogens is 1. The van der Waals surface area contributed by atoms with Crippen LogP contribution in [0.15, 0.2) is 48.0 Å². The molecule has 2 aromatic heterocycles. The van der Waals surface area contributed by atoms with E-state index in [1.165, 1.54) is 10.9 Å². The highest BCUT2D eigenvalue weighted by molar-refractivity contribution is 7.09. The Kier molecular flexibility index (Phi) is 2.26. The van der Waals surface area contributed by atoms with E-state index in [1.54, 1.807) is 17.4 Å². The summed E-state index contributed by atoms with van der Waals surface area (Å²) in [5, 5.41) is 3.03. The van der Waals surface area contributed by atoms with Gasteiger partial charge in [0.25, 0.3) is 0 Å². The highest BCUT2D eigenvalue weighted by atomic mass is 32.1. The van der Waals surface area contributed by atoms with Crippen molar-refractivity contribution in [3.05, 3.63) is 58.7 Å². The van der Waals surface area contributed by atoms with Gasteiger partial charge in [0.1, 0.15) is 5.82 Å². The second-order valence-corrected chi connectivity index (χ2v) is 4.76. The Morgan fingerprint density at radius 2 is 2.12 bits per heavy atom. The van der Waals surface area contributed by atoms with E-state index in [-0.39, 0.29) is 5.82 Å². The van der Waals surface area contributed by atoms with E-state index in [0.29, 0.717) is 0 Å². The predicted octanol–water partition coefficient (Wildman–Crippen LogP) is 3.89. The third kappa shape index (κ3) is 1.63. The monoisotopic (exact) mass is 231 g/mol. The third-order valence-corrected chi connectivity index (χ3v) is 3.50. The van der Waals surface area contributed by atoms with E-state index in [9.17, 15) is 4.39 Å². The second kappa shape index (κ2) is 3.76. The summed E-state index contributed by atoms with van der Waals surface area (Å²) in [5.41, 5.74) is 1.08. The molecule has 0 bridgehead atoms. The van der Waals surface area contributed by atoms with Crippen LogP contribution < -0.4 is 0 Å². The molecule has 0 saturated carbocycles. The van der Waals surface area contributed by atoms with Crippen molar-refractivity contribution in [1.82, 2.24) is 4.57 Å². The van der Waals surface area contributed by atoms with Crippen LogP contribution in [0.3, 0.4) is 0 Å². The lowest BCUT2D eigenvalue weighted by Gasteiger charge is -2.02. The van der Waals surface area contributed by atoms with Crippen molar-refractivity contribution >= 4 is 22.2 Å². The Morgan fingerprint density at radius 3 is 2.94 bits per heavy atom. The van der Waals surface area contributed by atoms with Gasteiger partial charge in [-0.25, -0.2) is 4.39 Å². The van der Waals surface area contributed by atoms with Gasteiger partial charge in [0.05, 0.1) is 6.54 Å². The van der Waals surface area contributed by atoms with Crippen molar-refractivity contribution < 1.29 is 4.39 Å². The minimum absolute atomic E-state index is 0.179. The van der Waals surface area contributed by atoms with Crippen LogP contribution in [-0.4, -0.2) is 4.57 Å². The van der Waals surface area contributed by atoms with E-state index in [1.807, 2.05) is 24.4 Å². The molecule has 0 spiro atoms. The first-order chi connectivity index (χ1) is 7.83. The molecule has 3 heteroatoms. The number of hydrogen-bond donors (Lipinski definition) is 0. The van der Waals surface area contributed by atoms with E-state index in [2.05, 4.69) is 16.0 Å². The van der Waals surface area contributed by atoms with Gasteiger partial charge in [0, 0.05) is 22.0 Å². The molecular weight excluding hydrogens is 221 g/mol. The summed E-state index contributed by atoms with van der Waals surface area (Å²) >= 11 is 1.74. The summed E-state index contributed by atoms with van der Waals surface area (Å²) in [4.78, 5) is 1.31. The first-order valence-electron chi connectivity index (χ1n) is 5.10. The zero-order valence-corrected chi connectivity index (χ0v) is 9.38. The number of thiophene rings is 1. The summed E-state index contributed by atoms with van der Waals surface area (Å²) in [6.07, 6.45) is 2.00. The number of halogens is 1. The molecule has 2 heterocycles. The van der Waals surface area contributed by atoms with Crippen molar-refractivity contribution in [2.75, 3.05) is 0 Å². The Morgan fingerprint density at radius 1 is 1.19 bits per heavy atom. The molecule has 0 saturated heterocycles. The van der Waals surface area contributed by atoms with Crippen LogP contribution in [0.5, 0.6) is 0 Å². The summed E-state index contributed by atoms with van der Waals surface area (Å²) in [6.45, 7) is 0.854. The quantitative estimate of drug-likeness (QED) is 0.630. The minimum Gasteiger partial charge on any atom is -0.342 e. The summed E-state index contributed by atoms with van der Waals surface area (Å²) in [6, 6.07) is 11.0. The highest BCUT2D eigenvalue weighted by Gasteiger charge is 2.03. The molecular formula is C13H10FNS. The molecule has 3 rings (SSSR count). The Hall–Kier alpha value is -1.61. The van der Waals surface area contributed by atoms with Crippen LogP contribution >= 0.6 is 11.3 Å². The van der Waals surface area contributed by atoms with Gasteiger partial charge in [0.15, 0.2) is 0 Å². The molecule has 0 fully saturated rings. The van der Waals surface area contributed by atoms with E-state index < -0.39 is 0 Å². The van der Waals surface area contributed by atoms with Crippen molar-refractivity contribution in [1.29, 1.82) is 0 Å². The smallest absolute Gasteiger partial charge is 0.123 e. The first-order valence-corrected chi connectivity index (χ1v) is 5.98. The fourth-order valence-electron chi connectivity index (χ4n) is 1.88. The third-order valence-electron chi connectivity index (χ3n) is 2.64. The fraction of sp³-hybridized carbons (Fsp3) is 0.0769. The van der Waals surface area contributed by atoms with Gasteiger partial charge in [0.2, 0.25) is 0 Å². The SMILES string of the molecule is Fc1ccc2c(ccn2Cc2cccs2)c1. The molecule has 0 aliphatic heterocycles. The Balaban J connectivity index is 2.04. The Bertz CT molecular complexity index is 610. The molecule has 0 aliphatic rings. The molecule has 16 heavy (non-hydrogen) atoms. The van der Waals surface area contributed by atoms with Gasteiger partial charge in [-0.1, -0.05) is 6.07 Å². The van der Waals surface area contributed by atoms with Gasteiger partial charge in [-0.15, -0.1) is 11.3 Å². The molecule has 0 atom stereocenters. The lowest BCUT2D eigenvalue weighted by atomic mass is 10.2. The normalized spacial score (nSPS) is 11.1. The number of nitrogens with zero attached hydrogens (tertiary/aromatic N) is 1. The minimum atomic E-state index is -0.179. The maximum Gasteiger partial charge on any atom is 0.123 e. The fourth-order valence-corrected chi connectivity index (χ4v) is 2.58.